The molecule has 2 N–H and O–H groups in total. The van der Waals surface area contributed by atoms with E-state index in [1.165, 1.54) is 0 Å². The highest BCUT2D eigenvalue weighted by Crippen LogP contribution is 2.29. The van der Waals surface area contributed by atoms with Crippen molar-refractivity contribution in [2.24, 2.45) is 0 Å². The Labute approximate surface area is 171 Å². The molecule has 5 nitrogen and oxygen atoms in total. The molecule has 1 heterocycles. The van der Waals surface area contributed by atoms with Crippen LogP contribution in [0.15, 0.2) is 65.9 Å². The largest absolute Gasteiger partial charge is 0.462 e. The summed E-state index contributed by atoms with van der Waals surface area (Å²) in [5.74, 6) is -0.336. The van der Waals surface area contributed by atoms with Crippen LogP contribution in [0.2, 0.25) is 0 Å². The number of nitrogens with one attached hydrogen (secondary N) is 2. The maximum atomic E-state index is 12.9. The summed E-state index contributed by atoms with van der Waals surface area (Å²) < 4.78 is 5.58. The van der Waals surface area contributed by atoms with Gasteiger partial charge >= 0.3 is 5.97 Å². The average Bonchev–Trinajstić information content (AvgIpc) is 2.68. The van der Waals surface area contributed by atoms with Gasteiger partial charge in [-0.15, -0.1) is 0 Å². The van der Waals surface area contributed by atoms with Gasteiger partial charge in [0.25, 0.3) is 0 Å². The molecule has 6 heteroatoms. The molecule has 3 rings (SSSR count). The summed E-state index contributed by atoms with van der Waals surface area (Å²) in [7, 11) is 3.99. The van der Waals surface area contributed by atoms with Gasteiger partial charge in [0.2, 0.25) is 0 Å². The van der Waals surface area contributed by atoms with E-state index < -0.39 is 0 Å². The zero-order chi connectivity index (χ0) is 20.1. The molecule has 0 amide bonds. The number of hydrogen-bond acceptors (Lipinski definition) is 4. The van der Waals surface area contributed by atoms with Crippen molar-refractivity contribution in [2.75, 3.05) is 25.6 Å². The molecule has 0 aromatic heterocycles. The minimum absolute atomic E-state index is 0.330. The summed E-state index contributed by atoms with van der Waals surface area (Å²) in [6, 6.07) is 17.7. The Hall–Kier alpha value is -2.86. The number of esters is 1. The van der Waals surface area contributed by atoms with Gasteiger partial charge in [-0.25, -0.2) is 4.79 Å². The molecule has 1 unspecified atom stereocenters. The summed E-state index contributed by atoms with van der Waals surface area (Å²) in [6.07, 6.45) is 0.681. The number of hydrogen-bond donors (Lipinski definition) is 2. The number of nitrogens with zero attached hydrogens (tertiary/aromatic N) is 1. The third-order valence-electron chi connectivity index (χ3n) is 4.70. The van der Waals surface area contributed by atoms with Crippen molar-refractivity contribution in [1.82, 2.24) is 10.6 Å². The molecule has 2 aromatic carbocycles. The first-order valence-corrected chi connectivity index (χ1v) is 9.63. The molecule has 0 saturated carbocycles. The third kappa shape index (κ3) is 4.70. The maximum absolute atomic E-state index is 12.9. The van der Waals surface area contributed by atoms with E-state index in [-0.39, 0.29) is 12.0 Å². The van der Waals surface area contributed by atoms with Gasteiger partial charge in [0.05, 0.1) is 18.2 Å². The summed E-state index contributed by atoms with van der Waals surface area (Å²) in [4.78, 5) is 14.9. The molecule has 146 valence electrons. The van der Waals surface area contributed by atoms with Crippen LogP contribution in [0, 0.1) is 0 Å². The van der Waals surface area contributed by atoms with Gasteiger partial charge < -0.3 is 20.3 Å². The third-order valence-corrected chi connectivity index (χ3v) is 4.92. The molecule has 0 bridgehead atoms. The van der Waals surface area contributed by atoms with Gasteiger partial charge in [0.1, 0.15) is 0 Å². The van der Waals surface area contributed by atoms with Gasteiger partial charge in [-0.3, -0.25) is 0 Å². The van der Waals surface area contributed by atoms with E-state index in [1.54, 1.807) is 0 Å². The van der Waals surface area contributed by atoms with Crippen molar-refractivity contribution in [1.29, 1.82) is 0 Å². The predicted octanol–water partition coefficient (Wildman–Crippen LogP) is 3.33. The molecular weight excluding hydrogens is 370 g/mol. The van der Waals surface area contributed by atoms with Gasteiger partial charge in [0.15, 0.2) is 5.11 Å². The minimum atomic E-state index is -0.339. The summed E-state index contributed by atoms with van der Waals surface area (Å²) >= 11 is 5.30. The Morgan fingerprint density at radius 3 is 2.43 bits per heavy atom. The normalized spacial score (nSPS) is 16.2. The molecule has 1 atom stereocenters. The van der Waals surface area contributed by atoms with Crippen LogP contribution < -0.4 is 15.5 Å². The SMILES string of the molecule is CC1=C(C(=O)OCCc2ccccc2)C(c2ccc(N(C)C)cc2)NC(=S)N1. The topological polar surface area (TPSA) is 53.6 Å². The van der Waals surface area contributed by atoms with E-state index in [4.69, 9.17) is 17.0 Å². The molecule has 0 radical (unpaired) electrons. The van der Waals surface area contributed by atoms with Crippen LogP contribution >= 0.6 is 12.2 Å². The second kappa shape index (κ2) is 8.89. The second-order valence-electron chi connectivity index (χ2n) is 6.93. The van der Waals surface area contributed by atoms with Crippen LogP contribution in [-0.2, 0) is 16.0 Å². The van der Waals surface area contributed by atoms with Crippen LogP contribution in [0.4, 0.5) is 5.69 Å². The molecule has 28 heavy (non-hydrogen) atoms. The Balaban J connectivity index is 1.76. The fourth-order valence-corrected chi connectivity index (χ4v) is 3.43. The van der Waals surface area contributed by atoms with Crippen LogP contribution in [0.1, 0.15) is 24.1 Å². The lowest BCUT2D eigenvalue weighted by Crippen LogP contribution is -2.45. The number of anilines is 1. The van der Waals surface area contributed by atoms with Crippen LogP contribution in [0.3, 0.4) is 0 Å². The smallest absolute Gasteiger partial charge is 0.338 e. The van der Waals surface area contributed by atoms with Crippen LogP contribution in [-0.4, -0.2) is 31.8 Å². The summed E-state index contributed by atoms with van der Waals surface area (Å²) in [5.41, 5.74) is 4.46. The average molecular weight is 396 g/mol. The molecule has 1 aliphatic rings. The fraction of sp³-hybridized carbons (Fsp3) is 0.273. The monoisotopic (exact) mass is 395 g/mol. The molecular formula is C22H25N3O2S. The van der Waals surface area contributed by atoms with Crippen molar-refractivity contribution in [3.63, 3.8) is 0 Å². The van der Waals surface area contributed by atoms with E-state index in [1.807, 2.05) is 80.5 Å². The van der Waals surface area contributed by atoms with Gasteiger partial charge in [0, 0.05) is 31.9 Å². The lowest BCUT2D eigenvalue weighted by atomic mass is 9.95. The van der Waals surface area contributed by atoms with E-state index in [0.717, 1.165) is 22.5 Å². The molecule has 0 fully saturated rings. The number of thiocarbonyl (C=S) groups is 1. The number of benzene rings is 2. The highest BCUT2D eigenvalue weighted by Gasteiger charge is 2.30. The number of rotatable bonds is 6. The molecule has 0 aliphatic carbocycles. The van der Waals surface area contributed by atoms with Gasteiger partial charge in [-0.05, 0) is 42.4 Å². The van der Waals surface area contributed by atoms with Crippen molar-refractivity contribution in [3.8, 4) is 0 Å². The van der Waals surface area contributed by atoms with Crippen molar-refractivity contribution in [3.05, 3.63) is 77.0 Å². The molecule has 0 spiro atoms. The highest BCUT2D eigenvalue weighted by atomic mass is 32.1. The van der Waals surface area contributed by atoms with Crippen molar-refractivity contribution in [2.45, 2.75) is 19.4 Å². The first-order chi connectivity index (χ1) is 13.5. The Bertz CT molecular complexity index is 876. The summed E-state index contributed by atoms with van der Waals surface area (Å²) in [5, 5.41) is 6.74. The molecule has 0 saturated heterocycles. The van der Waals surface area contributed by atoms with E-state index in [2.05, 4.69) is 10.6 Å². The minimum Gasteiger partial charge on any atom is -0.462 e. The quantitative estimate of drug-likeness (QED) is 0.578. The number of carbonyl (C=O) groups is 1. The zero-order valence-electron chi connectivity index (χ0n) is 16.4. The lowest BCUT2D eigenvalue weighted by molar-refractivity contribution is -0.139. The number of ether oxygens (including phenoxy) is 1. The van der Waals surface area contributed by atoms with Gasteiger partial charge in [-0.2, -0.15) is 0 Å². The van der Waals surface area contributed by atoms with Crippen molar-refractivity contribution >= 4 is 29.0 Å². The number of carbonyl (C=O) groups excluding carboxylic acids is 1. The van der Waals surface area contributed by atoms with E-state index >= 15 is 0 Å². The fourth-order valence-electron chi connectivity index (χ4n) is 3.16. The lowest BCUT2D eigenvalue weighted by Gasteiger charge is -2.30. The molecule has 1 aliphatic heterocycles. The maximum Gasteiger partial charge on any atom is 0.338 e. The second-order valence-corrected chi connectivity index (χ2v) is 7.34. The predicted molar refractivity (Wildman–Crippen MR) is 116 cm³/mol. The van der Waals surface area contributed by atoms with E-state index in [9.17, 15) is 4.79 Å². The first kappa shape index (κ1) is 19.9. The Kier molecular flexibility index (Phi) is 6.31. The van der Waals surface area contributed by atoms with Gasteiger partial charge in [-0.1, -0.05) is 42.5 Å². The number of allylic oxidation sites excluding steroid dienone is 1. The molecule has 2 aromatic rings. The summed E-state index contributed by atoms with van der Waals surface area (Å²) in [6.45, 7) is 2.18. The highest BCUT2D eigenvalue weighted by molar-refractivity contribution is 7.80. The standard InChI is InChI=1S/C22H25N3O2S/c1-15-19(21(26)27-14-13-16-7-5-4-6-8-16)20(24-22(28)23-15)17-9-11-18(12-10-17)25(2)3/h4-12,20H,13-14H2,1-3H3,(H2,23,24,28). The first-order valence-electron chi connectivity index (χ1n) is 9.22. The Morgan fingerprint density at radius 1 is 1.11 bits per heavy atom. The zero-order valence-corrected chi connectivity index (χ0v) is 17.2. The van der Waals surface area contributed by atoms with Crippen LogP contribution in [0.25, 0.3) is 0 Å². The van der Waals surface area contributed by atoms with Crippen LogP contribution in [0.5, 0.6) is 0 Å². The van der Waals surface area contributed by atoms with Crippen molar-refractivity contribution < 1.29 is 9.53 Å². The Morgan fingerprint density at radius 2 is 1.79 bits per heavy atom. The van der Waals surface area contributed by atoms with E-state index in [0.29, 0.717) is 23.7 Å².